The van der Waals surface area contributed by atoms with Crippen LogP contribution in [0.2, 0.25) is 13.1 Å². The van der Waals surface area contributed by atoms with Gasteiger partial charge < -0.3 is 14.4 Å². The number of carbonyl (C=O) groups is 1. The molecule has 0 heterocycles. The fraction of sp³-hybridized carbons (Fsp3) is 0.667. The Labute approximate surface area is 192 Å². The number of aliphatic imine (C=N–C) groups is 1. The van der Waals surface area contributed by atoms with E-state index in [1.807, 2.05) is 0 Å². The summed E-state index contributed by atoms with van der Waals surface area (Å²) in [6, 6.07) is 12.0. The fourth-order valence-corrected chi connectivity index (χ4v) is 7.32. The number of ether oxygens (including phenoxy) is 1. The Bertz CT molecular complexity index is 685. The number of methoxy groups -OCH3 is 1. The van der Waals surface area contributed by atoms with Gasteiger partial charge in [-0.2, -0.15) is 0 Å². The maximum Gasteiger partial charge on any atom is 0.357 e. The summed E-state index contributed by atoms with van der Waals surface area (Å²) in [5, 5.41) is 2.46. The number of esters is 1. The van der Waals surface area contributed by atoms with E-state index in [1.54, 1.807) is 0 Å². The molecule has 0 bridgehead atoms. The Kier molecular flexibility index (Phi) is 10.7. The molecule has 0 radical (unpaired) electrons. The lowest BCUT2D eigenvalue weighted by Crippen LogP contribution is -2.71. The van der Waals surface area contributed by atoms with Crippen LogP contribution in [0.1, 0.15) is 55.4 Å². The van der Waals surface area contributed by atoms with Gasteiger partial charge in [0.25, 0.3) is 0 Å². The van der Waals surface area contributed by atoms with Gasteiger partial charge in [-0.25, -0.2) is 0 Å². The van der Waals surface area contributed by atoms with Crippen LogP contribution in [0, 0.1) is 0 Å². The van der Waals surface area contributed by atoms with Crippen molar-refractivity contribution in [3.63, 3.8) is 0 Å². The standard InChI is InChI=1S/C24H44BN3O2Si/c1-18(2)27(19(3)4)25(28(20(5)6)21(7)8)24(26-17-23(29)30-9)31(10,11)22-15-13-12-14-16-22/h12-16,18-21H,17H2,1-11H3. The summed E-state index contributed by atoms with van der Waals surface area (Å²) in [4.78, 5) is 22.3. The highest BCUT2D eigenvalue weighted by atomic mass is 28.3. The molecule has 1 rings (SSSR count). The predicted molar refractivity (Wildman–Crippen MR) is 138 cm³/mol. The average molecular weight is 446 g/mol. The van der Waals surface area contributed by atoms with Gasteiger partial charge >= 0.3 is 13.0 Å². The van der Waals surface area contributed by atoms with Gasteiger partial charge in [-0.05, 0) is 24.2 Å². The molecule has 0 aromatic heterocycles. The molecule has 31 heavy (non-hydrogen) atoms. The van der Waals surface area contributed by atoms with E-state index in [1.165, 1.54) is 12.3 Å². The highest BCUT2D eigenvalue weighted by Gasteiger charge is 2.47. The first-order valence-corrected chi connectivity index (χ1v) is 14.6. The minimum Gasteiger partial charge on any atom is -0.468 e. The van der Waals surface area contributed by atoms with Crippen LogP contribution in [-0.2, 0) is 9.53 Å². The summed E-state index contributed by atoms with van der Waals surface area (Å²) in [7, 11) is -0.773. The van der Waals surface area contributed by atoms with E-state index < -0.39 is 8.07 Å². The van der Waals surface area contributed by atoms with E-state index in [0.29, 0.717) is 24.2 Å². The highest BCUT2D eigenvalue weighted by molar-refractivity contribution is 7.30. The van der Waals surface area contributed by atoms with Crippen LogP contribution < -0.4 is 5.19 Å². The zero-order valence-corrected chi connectivity index (χ0v) is 22.6. The second-order valence-electron chi connectivity index (χ2n) is 9.91. The van der Waals surface area contributed by atoms with Gasteiger partial charge in [0, 0.05) is 5.23 Å². The third-order valence-electron chi connectivity index (χ3n) is 5.94. The average Bonchev–Trinajstić information content (AvgIpc) is 2.67. The van der Waals surface area contributed by atoms with Crippen molar-refractivity contribution in [2.24, 2.45) is 4.99 Å². The van der Waals surface area contributed by atoms with Crippen molar-refractivity contribution in [2.75, 3.05) is 13.7 Å². The maximum absolute atomic E-state index is 12.1. The summed E-state index contributed by atoms with van der Waals surface area (Å²) in [5.41, 5.74) is 0. The van der Waals surface area contributed by atoms with Crippen LogP contribution in [0.25, 0.3) is 0 Å². The smallest absolute Gasteiger partial charge is 0.357 e. The van der Waals surface area contributed by atoms with Gasteiger partial charge in [0.05, 0.1) is 7.11 Å². The molecule has 7 heteroatoms. The van der Waals surface area contributed by atoms with Crippen LogP contribution in [0.4, 0.5) is 0 Å². The Morgan fingerprint density at radius 1 is 0.903 bits per heavy atom. The molecule has 0 atom stereocenters. The first kappa shape index (κ1) is 27.6. The Morgan fingerprint density at radius 3 is 1.68 bits per heavy atom. The van der Waals surface area contributed by atoms with Crippen molar-refractivity contribution in [1.29, 1.82) is 0 Å². The molecule has 0 amide bonds. The number of hydrogen-bond donors (Lipinski definition) is 0. The predicted octanol–water partition coefficient (Wildman–Crippen LogP) is 4.02. The normalized spacial score (nSPS) is 13.3. The quantitative estimate of drug-likeness (QED) is 0.293. The first-order valence-electron chi connectivity index (χ1n) is 11.6. The monoisotopic (exact) mass is 445 g/mol. The molecule has 0 fully saturated rings. The van der Waals surface area contributed by atoms with Gasteiger partial charge in [0.1, 0.15) is 14.6 Å². The summed E-state index contributed by atoms with van der Waals surface area (Å²) in [5.74, 6) is -0.296. The van der Waals surface area contributed by atoms with Crippen LogP contribution in [-0.4, -0.2) is 73.7 Å². The van der Waals surface area contributed by atoms with Crippen molar-refractivity contribution in [1.82, 2.24) is 9.62 Å². The van der Waals surface area contributed by atoms with E-state index in [-0.39, 0.29) is 19.5 Å². The molecular formula is C24H44BN3O2Si. The summed E-state index contributed by atoms with van der Waals surface area (Å²) in [6.07, 6.45) is 0. The second kappa shape index (κ2) is 12.0. The fourth-order valence-electron chi connectivity index (χ4n) is 4.58. The first-order chi connectivity index (χ1) is 14.4. The van der Waals surface area contributed by atoms with Crippen molar-refractivity contribution < 1.29 is 9.53 Å². The Morgan fingerprint density at radius 2 is 1.32 bits per heavy atom. The molecule has 0 saturated carbocycles. The topological polar surface area (TPSA) is 45.1 Å². The van der Waals surface area contributed by atoms with Crippen LogP contribution in [0.3, 0.4) is 0 Å². The molecule has 0 N–H and O–H groups in total. The van der Waals surface area contributed by atoms with Crippen LogP contribution in [0.5, 0.6) is 0 Å². The summed E-state index contributed by atoms with van der Waals surface area (Å²) >= 11 is 0. The SMILES string of the molecule is COC(=O)CN=C(B(N(C(C)C)C(C)C)N(C(C)C)C(C)C)[Si](C)(C)c1ccccc1. The minimum absolute atomic E-state index is 0.00605. The van der Waals surface area contributed by atoms with Crippen molar-refractivity contribution in [3.8, 4) is 0 Å². The van der Waals surface area contributed by atoms with Gasteiger partial charge in [-0.15, -0.1) is 0 Å². The molecular weight excluding hydrogens is 401 g/mol. The van der Waals surface area contributed by atoms with Gasteiger partial charge in [0.2, 0.25) is 0 Å². The molecule has 1 aromatic carbocycles. The Balaban J connectivity index is 3.84. The Hall–Kier alpha value is -1.44. The highest BCUT2D eigenvalue weighted by Crippen LogP contribution is 2.22. The molecule has 1 aromatic rings. The molecule has 0 aliphatic carbocycles. The molecule has 0 unspecified atom stereocenters. The zero-order valence-electron chi connectivity index (χ0n) is 21.6. The van der Waals surface area contributed by atoms with E-state index in [0.717, 1.165) is 5.23 Å². The van der Waals surface area contributed by atoms with Crippen molar-refractivity contribution >= 4 is 31.4 Å². The number of benzene rings is 1. The third kappa shape index (κ3) is 7.02. The van der Waals surface area contributed by atoms with E-state index in [4.69, 9.17) is 9.73 Å². The van der Waals surface area contributed by atoms with Crippen molar-refractivity contribution in [2.45, 2.75) is 92.7 Å². The zero-order chi connectivity index (χ0) is 23.9. The van der Waals surface area contributed by atoms with Gasteiger partial charge in [0.15, 0.2) is 0 Å². The lowest BCUT2D eigenvalue weighted by Gasteiger charge is -2.48. The number of nitrogens with zero attached hydrogens (tertiary/aromatic N) is 3. The van der Waals surface area contributed by atoms with E-state index in [9.17, 15) is 4.79 Å². The lowest BCUT2D eigenvalue weighted by molar-refractivity contribution is -0.138. The second-order valence-corrected chi connectivity index (χ2v) is 14.3. The summed E-state index contributed by atoms with van der Waals surface area (Å²) < 4.78 is 4.95. The minimum atomic E-state index is -2.20. The van der Waals surface area contributed by atoms with E-state index in [2.05, 4.69) is 108 Å². The van der Waals surface area contributed by atoms with E-state index >= 15 is 0 Å². The van der Waals surface area contributed by atoms with Crippen LogP contribution >= 0.6 is 0 Å². The molecule has 0 spiro atoms. The van der Waals surface area contributed by atoms with Crippen molar-refractivity contribution in [3.05, 3.63) is 30.3 Å². The number of rotatable bonds is 11. The largest absolute Gasteiger partial charge is 0.468 e. The molecule has 0 saturated heterocycles. The molecule has 0 aliphatic heterocycles. The van der Waals surface area contributed by atoms with Gasteiger partial charge in [-0.1, -0.05) is 104 Å². The number of carbonyl (C=O) groups excluding carboxylic acids is 1. The summed E-state index contributed by atoms with van der Waals surface area (Å²) in [6.45, 7) is 22.8. The lowest BCUT2D eigenvalue weighted by atomic mass is 9.68. The maximum atomic E-state index is 12.1. The number of hydrogen-bond acceptors (Lipinski definition) is 5. The van der Waals surface area contributed by atoms with Crippen LogP contribution in [0.15, 0.2) is 35.3 Å². The third-order valence-corrected chi connectivity index (χ3v) is 9.41. The van der Waals surface area contributed by atoms with Gasteiger partial charge in [-0.3, -0.25) is 9.79 Å². The molecule has 5 nitrogen and oxygen atoms in total. The molecule has 174 valence electrons. The molecule has 0 aliphatic rings.